The highest BCUT2D eigenvalue weighted by Gasteiger charge is 2.32. The van der Waals surface area contributed by atoms with Crippen molar-refractivity contribution in [3.63, 3.8) is 0 Å². The van der Waals surface area contributed by atoms with Gasteiger partial charge in [0.05, 0.1) is 6.61 Å². The summed E-state index contributed by atoms with van der Waals surface area (Å²) in [6, 6.07) is 1.07. The number of carbonyl (C=O) groups is 1. The van der Waals surface area contributed by atoms with Gasteiger partial charge in [0.2, 0.25) is 0 Å². The van der Waals surface area contributed by atoms with Crippen LogP contribution in [0, 0.1) is 0 Å². The fourth-order valence-electron chi connectivity index (χ4n) is 3.27. The first-order valence-electron chi connectivity index (χ1n) is 7.99. The summed E-state index contributed by atoms with van der Waals surface area (Å²) in [4.78, 5) is 16.8. The van der Waals surface area contributed by atoms with Gasteiger partial charge in [0.15, 0.2) is 0 Å². The van der Waals surface area contributed by atoms with E-state index in [4.69, 9.17) is 9.47 Å². The molecule has 0 bridgehead atoms. The number of carbonyl (C=O) groups excluding carboxylic acids is 1. The smallest absolute Gasteiger partial charge is 0.317 e. The first-order chi connectivity index (χ1) is 10.1. The molecule has 2 atom stereocenters. The average molecular weight is 299 g/mol. The quantitative estimate of drug-likeness (QED) is 0.838. The van der Waals surface area contributed by atoms with E-state index in [9.17, 15) is 4.79 Å². The fraction of sp³-hybridized carbons (Fsp3) is 0.933. The Kier molecular flexibility index (Phi) is 6.26. The second-order valence-electron chi connectivity index (χ2n) is 6.17. The molecular formula is C15H29N3O3. The van der Waals surface area contributed by atoms with E-state index in [2.05, 4.69) is 24.1 Å². The van der Waals surface area contributed by atoms with Gasteiger partial charge < -0.3 is 19.7 Å². The van der Waals surface area contributed by atoms with Gasteiger partial charge in [-0.15, -0.1) is 0 Å². The lowest BCUT2D eigenvalue weighted by atomic mass is 10.1. The molecule has 0 aromatic rings. The number of ether oxygens (including phenoxy) is 2. The molecular weight excluding hydrogens is 270 g/mol. The Bertz CT molecular complexity index is 322. The molecule has 0 aliphatic carbocycles. The van der Waals surface area contributed by atoms with Gasteiger partial charge >= 0.3 is 6.03 Å². The van der Waals surface area contributed by atoms with Crippen molar-refractivity contribution in [2.75, 3.05) is 46.6 Å². The van der Waals surface area contributed by atoms with Crippen LogP contribution in [0.25, 0.3) is 0 Å². The zero-order valence-electron chi connectivity index (χ0n) is 13.5. The van der Waals surface area contributed by atoms with E-state index in [-0.39, 0.29) is 12.1 Å². The van der Waals surface area contributed by atoms with Crippen LogP contribution in [-0.2, 0) is 9.47 Å². The van der Waals surface area contributed by atoms with Crippen molar-refractivity contribution < 1.29 is 14.3 Å². The Hall–Kier alpha value is -0.850. The van der Waals surface area contributed by atoms with Gasteiger partial charge in [-0.25, -0.2) is 4.79 Å². The molecule has 2 aliphatic rings. The van der Waals surface area contributed by atoms with Crippen LogP contribution < -0.4 is 5.32 Å². The monoisotopic (exact) mass is 299 g/mol. The van der Waals surface area contributed by atoms with Gasteiger partial charge in [-0.2, -0.15) is 0 Å². The molecule has 2 saturated heterocycles. The lowest BCUT2D eigenvalue weighted by Crippen LogP contribution is -2.61. The number of methoxy groups -OCH3 is 1. The number of hydrogen-bond acceptors (Lipinski definition) is 4. The predicted octanol–water partition coefficient (Wildman–Crippen LogP) is 0.916. The third-order valence-electron chi connectivity index (χ3n) is 4.49. The molecule has 0 aromatic heterocycles. The summed E-state index contributed by atoms with van der Waals surface area (Å²) in [7, 11) is 1.73. The van der Waals surface area contributed by atoms with Crippen LogP contribution in [0.5, 0.6) is 0 Å². The summed E-state index contributed by atoms with van der Waals surface area (Å²) in [5.74, 6) is 0. The maximum absolute atomic E-state index is 12.4. The summed E-state index contributed by atoms with van der Waals surface area (Å²) in [6.45, 7) is 9.09. The van der Waals surface area contributed by atoms with Crippen molar-refractivity contribution in [3.05, 3.63) is 0 Å². The predicted molar refractivity (Wildman–Crippen MR) is 81.5 cm³/mol. The summed E-state index contributed by atoms with van der Waals surface area (Å²) in [5.41, 5.74) is 0. The summed E-state index contributed by atoms with van der Waals surface area (Å²) in [6.07, 6.45) is 1.84. The third kappa shape index (κ3) is 4.56. The van der Waals surface area contributed by atoms with Crippen LogP contribution in [0.4, 0.5) is 4.79 Å². The molecule has 1 N–H and O–H groups in total. The van der Waals surface area contributed by atoms with E-state index < -0.39 is 0 Å². The highest BCUT2D eigenvalue weighted by Crippen LogP contribution is 2.16. The van der Waals surface area contributed by atoms with E-state index in [1.807, 2.05) is 4.90 Å². The summed E-state index contributed by atoms with van der Waals surface area (Å²) < 4.78 is 10.5. The number of urea groups is 1. The Morgan fingerprint density at radius 1 is 1.24 bits per heavy atom. The Labute approximate surface area is 127 Å². The number of hydrogen-bond donors (Lipinski definition) is 1. The normalized spacial score (nSPS) is 28.6. The van der Waals surface area contributed by atoms with E-state index in [1.54, 1.807) is 7.11 Å². The van der Waals surface area contributed by atoms with Crippen LogP contribution >= 0.6 is 0 Å². The zero-order valence-corrected chi connectivity index (χ0v) is 13.5. The average Bonchev–Trinajstić information content (AvgIpc) is 2.47. The van der Waals surface area contributed by atoms with Crippen molar-refractivity contribution in [1.82, 2.24) is 15.1 Å². The maximum Gasteiger partial charge on any atom is 0.317 e. The second kappa shape index (κ2) is 7.96. The second-order valence-corrected chi connectivity index (χ2v) is 6.17. The van der Waals surface area contributed by atoms with Gasteiger partial charge in [0.1, 0.15) is 0 Å². The molecule has 21 heavy (non-hydrogen) atoms. The first-order valence-corrected chi connectivity index (χ1v) is 7.99. The summed E-state index contributed by atoms with van der Waals surface area (Å²) in [5, 5.41) is 3.15. The fourth-order valence-corrected chi connectivity index (χ4v) is 3.27. The van der Waals surface area contributed by atoms with Gasteiger partial charge in [0.25, 0.3) is 0 Å². The molecule has 122 valence electrons. The lowest BCUT2D eigenvalue weighted by Gasteiger charge is -2.44. The van der Waals surface area contributed by atoms with Crippen molar-refractivity contribution in [2.24, 2.45) is 0 Å². The largest absolute Gasteiger partial charge is 0.383 e. The summed E-state index contributed by atoms with van der Waals surface area (Å²) >= 11 is 0. The molecule has 2 heterocycles. The molecule has 2 fully saturated rings. The van der Waals surface area contributed by atoms with Crippen molar-refractivity contribution in [3.8, 4) is 0 Å². The van der Waals surface area contributed by atoms with Crippen LogP contribution in [0.1, 0.15) is 26.7 Å². The molecule has 0 spiro atoms. The minimum atomic E-state index is 0.0759. The van der Waals surface area contributed by atoms with Crippen molar-refractivity contribution in [2.45, 2.75) is 44.8 Å². The number of rotatable bonds is 4. The van der Waals surface area contributed by atoms with Crippen LogP contribution in [-0.4, -0.2) is 80.5 Å². The third-order valence-corrected chi connectivity index (χ3v) is 4.49. The molecule has 6 heteroatoms. The lowest BCUT2D eigenvalue weighted by molar-refractivity contribution is 0.0321. The highest BCUT2D eigenvalue weighted by atomic mass is 16.5. The van der Waals surface area contributed by atoms with E-state index in [0.717, 1.165) is 52.3 Å². The Balaban J connectivity index is 1.83. The Morgan fingerprint density at radius 2 is 1.86 bits per heavy atom. The molecule has 0 aromatic carbocycles. The van der Waals surface area contributed by atoms with E-state index in [0.29, 0.717) is 12.1 Å². The Morgan fingerprint density at radius 3 is 2.43 bits per heavy atom. The SMILES string of the molecule is COCCN1C(C)CN(C(=O)NC2CCOCC2)CC1C. The van der Waals surface area contributed by atoms with Gasteiger partial charge in [-0.3, -0.25) is 4.90 Å². The molecule has 2 unspecified atom stereocenters. The number of nitrogens with one attached hydrogen (secondary N) is 1. The minimum absolute atomic E-state index is 0.0759. The van der Waals surface area contributed by atoms with Gasteiger partial charge in [-0.05, 0) is 26.7 Å². The number of amides is 2. The van der Waals surface area contributed by atoms with Gasteiger partial charge in [0, 0.05) is 58.1 Å². The van der Waals surface area contributed by atoms with Crippen LogP contribution in [0.15, 0.2) is 0 Å². The minimum Gasteiger partial charge on any atom is -0.383 e. The maximum atomic E-state index is 12.4. The van der Waals surface area contributed by atoms with Crippen molar-refractivity contribution in [1.29, 1.82) is 0 Å². The highest BCUT2D eigenvalue weighted by molar-refractivity contribution is 5.74. The van der Waals surface area contributed by atoms with E-state index in [1.165, 1.54) is 0 Å². The van der Waals surface area contributed by atoms with Crippen molar-refractivity contribution >= 4 is 6.03 Å². The number of piperazine rings is 1. The molecule has 2 aliphatic heterocycles. The standard InChI is InChI=1S/C15H29N3O3/c1-12-10-17(11-13(2)18(12)6-9-20-3)15(19)16-14-4-7-21-8-5-14/h12-14H,4-11H2,1-3H3,(H,16,19). The molecule has 2 rings (SSSR count). The molecule has 2 amide bonds. The van der Waals surface area contributed by atoms with Gasteiger partial charge in [-0.1, -0.05) is 0 Å². The molecule has 0 saturated carbocycles. The van der Waals surface area contributed by atoms with Crippen LogP contribution in [0.3, 0.4) is 0 Å². The molecule has 0 radical (unpaired) electrons. The van der Waals surface area contributed by atoms with Crippen LogP contribution in [0.2, 0.25) is 0 Å². The topological polar surface area (TPSA) is 54.0 Å². The first kappa shape index (κ1) is 16.5. The van der Waals surface area contributed by atoms with E-state index >= 15 is 0 Å². The molecule has 6 nitrogen and oxygen atoms in total. The zero-order chi connectivity index (χ0) is 15.2. The number of nitrogens with zero attached hydrogens (tertiary/aromatic N) is 2.